The first-order valence-corrected chi connectivity index (χ1v) is 11.9. The molecule has 0 spiro atoms. The van der Waals surface area contributed by atoms with Gasteiger partial charge in [0.2, 0.25) is 5.91 Å². The lowest BCUT2D eigenvalue weighted by Crippen LogP contribution is -2.24. The summed E-state index contributed by atoms with van der Waals surface area (Å²) in [4.78, 5) is 36.2. The van der Waals surface area contributed by atoms with Gasteiger partial charge in [-0.25, -0.2) is 9.97 Å². The average molecular weight is 449 g/mol. The molecule has 2 heterocycles. The second-order valence-corrected chi connectivity index (χ2v) is 9.39. The lowest BCUT2D eigenvalue weighted by Gasteiger charge is -2.13. The number of hydrogen-bond donors (Lipinski definition) is 1. The van der Waals surface area contributed by atoms with Gasteiger partial charge >= 0.3 is 0 Å². The van der Waals surface area contributed by atoms with Gasteiger partial charge in [0.25, 0.3) is 5.56 Å². The molecule has 0 unspecified atom stereocenters. The van der Waals surface area contributed by atoms with E-state index in [0.717, 1.165) is 30.5 Å². The number of amides is 1. The van der Waals surface area contributed by atoms with E-state index in [1.165, 1.54) is 16.6 Å². The summed E-state index contributed by atoms with van der Waals surface area (Å²) in [6.45, 7) is 0.403. The van der Waals surface area contributed by atoms with Crippen molar-refractivity contribution in [3.63, 3.8) is 0 Å². The Balaban J connectivity index is 1.39. The molecule has 0 saturated carbocycles. The number of nitrogens with zero attached hydrogens (tertiary/aromatic N) is 3. The molecule has 0 radical (unpaired) electrons. The molecule has 31 heavy (non-hydrogen) atoms. The van der Waals surface area contributed by atoms with Gasteiger partial charge in [-0.2, -0.15) is 0 Å². The molecule has 1 aliphatic carbocycles. The van der Waals surface area contributed by atoms with E-state index >= 15 is 0 Å². The second-order valence-electron chi connectivity index (χ2n) is 7.37. The molecule has 0 saturated heterocycles. The number of hydrogen-bond acceptors (Lipinski definition) is 6. The number of thiazole rings is 1. The zero-order chi connectivity index (χ0) is 21.2. The molecular formula is C23H20N4O2S2. The summed E-state index contributed by atoms with van der Waals surface area (Å²) in [6, 6.07) is 17.1. The summed E-state index contributed by atoms with van der Waals surface area (Å²) in [6.07, 6.45) is 3.18. The minimum Gasteiger partial charge on any atom is -0.301 e. The fraction of sp³-hybridized carbons (Fsp3) is 0.217. The van der Waals surface area contributed by atoms with Gasteiger partial charge < -0.3 is 5.32 Å². The number of fused-ring (bicyclic) bond motifs is 2. The zero-order valence-electron chi connectivity index (χ0n) is 16.7. The van der Waals surface area contributed by atoms with Gasteiger partial charge in [0.15, 0.2) is 10.3 Å². The molecule has 1 amide bonds. The Kier molecular flexibility index (Phi) is 5.57. The number of carbonyl (C=O) groups is 1. The first kappa shape index (κ1) is 20.0. The standard InChI is InChI=1S/C23H20N4O2S2/c28-20(26-22-24-18-11-6-12-19(18)31-22)14-30-23-25-17-10-5-4-9-16(17)21(29)27(23)13-15-7-2-1-3-8-15/h1-5,7-10H,6,11-14H2,(H,24,26,28). The van der Waals surface area contributed by atoms with Crippen LogP contribution < -0.4 is 10.9 Å². The Morgan fingerprint density at radius 1 is 1.06 bits per heavy atom. The van der Waals surface area contributed by atoms with Crippen molar-refractivity contribution in [2.24, 2.45) is 0 Å². The van der Waals surface area contributed by atoms with Crippen LogP contribution in [-0.4, -0.2) is 26.2 Å². The van der Waals surface area contributed by atoms with Crippen molar-refractivity contribution in [3.05, 3.63) is 81.1 Å². The highest BCUT2D eigenvalue weighted by Gasteiger charge is 2.18. The highest BCUT2D eigenvalue weighted by atomic mass is 32.2. The number of aryl methyl sites for hydroxylation is 2. The van der Waals surface area contributed by atoms with Gasteiger partial charge in [0.05, 0.1) is 28.9 Å². The van der Waals surface area contributed by atoms with Crippen molar-refractivity contribution in [2.75, 3.05) is 11.1 Å². The lowest BCUT2D eigenvalue weighted by molar-refractivity contribution is -0.113. The summed E-state index contributed by atoms with van der Waals surface area (Å²) in [5.74, 6) is 0.00943. The maximum absolute atomic E-state index is 13.2. The van der Waals surface area contributed by atoms with E-state index in [2.05, 4.69) is 15.3 Å². The molecule has 4 aromatic rings. The molecule has 0 fully saturated rings. The van der Waals surface area contributed by atoms with Gasteiger partial charge in [-0.05, 0) is 37.0 Å². The predicted octanol–water partition coefficient (Wildman–Crippen LogP) is 4.12. The minimum absolute atomic E-state index is 0.103. The van der Waals surface area contributed by atoms with Gasteiger partial charge in [-0.15, -0.1) is 11.3 Å². The Labute approximate surface area is 187 Å². The maximum Gasteiger partial charge on any atom is 0.262 e. The summed E-state index contributed by atoms with van der Waals surface area (Å²) < 4.78 is 1.65. The van der Waals surface area contributed by atoms with Crippen LogP contribution in [0.2, 0.25) is 0 Å². The summed E-state index contributed by atoms with van der Waals surface area (Å²) in [5, 5.41) is 4.66. The largest absolute Gasteiger partial charge is 0.301 e. The third-order valence-electron chi connectivity index (χ3n) is 5.18. The van der Waals surface area contributed by atoms with Gasteiger partial charge in [-0.3, -0.25) is 14.2 Å². The third-order valence-corrected chi connectivity index (χ3v) is 7.23. The van der Waals surface area contributed by atoms with E-state index < -0.39 is 0 Å². The van der Waals surface area contributed by atoms with Crippen molar-refractivity contribution in [1.82, 2.24) is 14.5 Å². The van der Waals surface area contributed by atoms with Crippen molar-refractivity contribution in [1.29, 1.82) is 0 Å². The first-order chi connectivity index (χ1) is 15.2. The summed E-state index contributed by atoms with van der Waals surface area (Å²) in [5.41, 5.74) is 2.65. The molecule has 8 heteroatoms. The molecule has 0 bridgehead atoms. The van der Waals surface area contributed by atoms with Crippen molar-refractivity contribution in [2.45, 2.75) is 31.0 Å². The predicted molar refractivity (Wildman–Crippen MR) is 125 cm³/mol. The molecule has 2 aromatic heterocycles. The number of rotatable bonds is 6. The highest BCUT2D eigenvalue weighted by Crippen LogP contribution is 2.30. The molecule has 0 aliphatic heterocycles. The van der Waals surface area contributed by atoms with Crippen LogP contribution in [0, 0.1) is 0 Å². The van der Waals surface area contributed by atoms with Crippen molar-refractivity contribution < 1.29 is 4.79 Å². The maximum atomic E-state index is 13.2. The quantitative estimate of drug-likeness (QED) is 0.355. The highest BCUT2D eigenvalue weighted by molar-refractivity contribution is 7.99. The van der Waals surface area contributed by atoms with Gasteiger partial charge in [0.1, 0.15) is 0 Å². The third kappa shape index (κ3) is 4.26. The van der Waals surface area contributed by atoms with E-state index in [9.17, 15) is 9.59 Å². The van der Waals surface area contributed by atoms with E-state index in [1.54, 1.807) is 22.0 Å². The molecule has 156 valence electrons. The van der Waals surface area contributed by atoms with Crippen LogP contribution in [0.1, 0.15) is 22.6 Å². The topological polar surface area (TPSA) is 76.9 Å². The number of anilines is 1. The molecular weight excluding hydrogens is 428 g/mol. The summed E-state index contributed by atoms with van der Waals surface area (Å²) in [7, 11) is 0. The van der Waals surface area contributed by atoms with E-state index in [-0.39, 0.29) is 17.2 Å². The summed E-state index contributed by atoms with van der Waals surface area (Å²) >= 11 is 2.83. The number of aromatic nitrogens is 3. The zero-order valence-corrected chi connectivity index (χ0v) is 18.3. The molecule has 1 aliphatic rings. The van der Waals surface area contributed by atoms with E-state index in [1.807, 2.05) is 48.5 Å². The number of para-hydroxylation sites is 1. The molecule has 2 aromatic carbocycles. The Morgan fingerprint density at radius 3 is 2.71 bits per heavy atom. The minimum atomic E-state index is -0.147. The van der Waals surface area contributed by atoms with E-state index in [4.69, 9.17) is 0 Å². The molecule has 5 rings (SSSR count). The van der Waals surface area contributed by atoms with Crippen LogP contribution in [0.5, 0.6) is 0 Å². The Hall–Kier alpha value is -2.97. The SMILES string of the molecule is O=C(CSc1nc2ccccc2c(=O)n1Cc1ccccc1)Nc1nc2c(s1)CCC2. The first-order valence-electron chi connectivity index (χ1n) is 10.1. The van der Waals surface area contributed by atoms with Gasteiger partial charge in [0, 0.05) is 4.88 Å². The van der Waals surface area contributed by atoms with Crippen LogP contribution in [0.25, 0.3) is 10.9 Å². The average Bonchev–Trinajstić information content (AvgIpc) is 3.37. The number of carbonyl (C=O) groups excluding carboxylic acids is 1. The molecule has 0 atom stereocenters. The lowest BCUT2D eigenvalue weighted by atomic mass is 10.2. The fourth-order valence-electron chi connectivity index (χ4n) is 3.69. The number of benzene rings is 2. The van der Waals surface area contributed by atoms with Crippen LogP contribution >= 0.6 is 23.1 Å². The van der Waals surface area contributed by atoms with E-state index in [0.29, 0.717) is 27.7 Å². The van der Waals surface area contributed by atoms with Crippen LogP contribution in [0.3, 0.4) is 0 Å². The molecule has 6 nitrogen and oxygen atoms in total. The Bertz CT molecular complexity index is 1290. The number of nitrogens with one attached hydrogen (secondary N) is 1. The van der Waals surface area contributed by atoms with Crippen LogP contribution in [0.15, 0.2) is 64.5 Å². The van der Waals surface area contributed by atoms with Crippen LogP contribution in [0.4, 0.5) is 5.13 Å². The second kappa shape index (κ2) is 8.64. The Morgan fingerprint density at radius 2 is 1.87 bits per heavy atom. The number of thioether (sulfide) groups is 1. The smallest absolute Gasteiger partial charge is 0.262 e. The van der Waals surface area contributed by atoms with Crippen molar-refractivity contribution in [3.8, 4) is 0 Å². The van der Waals surface area contributed by atoms with Crippen molar-refractivity contribution >= 4 is 45.0 Å². The van der Waals surface area contributed by atoms with Crippen LogP contribution in [-0.2, 0) is 24.2 Å². The normalized spacial score (nSPS) is 12.8. The monoisotopic (exact) mass is 448 g/mol. The van der Waals surface area contributed by atoms with Gasteiger partial charge in [-0.1, -0.05) is 54.2 Å². The fourth-order valence-corrected chi connectivity index (χ4v) is 5.56. The molecule has 1 N–H and O–H groups in total.